The standard InChI is InChI=1S/C20H33N3O3.HI/c1-4-21-19(23-15-20(9-6-10-20)11-12-25-3)22-14-16-7-8-17(24)18(13-16)26-5-2;/h7-8,13,24H,4-6,9-12,14-15H2,1-3H3,(H2,21,22,23);1H. The lowest BCUT2D eigenvalue weighted by Crippen LogP contribution is -2.46. The molecule has 1 aliphatic rings. The Labute approximate surface area is 180 Å². The second-order valence-electron chi connectivity index (χ2n) is 6.88. The van der Waals surface area contributed by atoms with Gasteiger partial charge in [-0.15, -0.1) is 24.0 Å². The number of nitrogens with zero attached hydrogens (tertiary/aromatic N) is 1. The Morgan fingerprint density at radius 2 is 2.04 bits per heavy atom. The van der Waals surface area contributed by atoms with E-state index in [0.29, 0.717) is 24.3 Å². The summed E-state index contributed by atoms with van der Waals surface area (Å²) < 4.78 is 10.7. The van der Waals surface area contributed by atoms with Crippen LogP contribution in [-0.2, 0) is 11.3 Å². The lowest BCUT2D eigenvalue weighted by Gasteiger charge is -2.42. The predicted octanol–water partition coefficient (Wildman–Crippen LogP) is 3.67. The highest BCUT2D eigenvalue weighted by Gasteiger charge is 2.36. The molecule has 0 atom stereocenters. The van der Waals surface area contributed by atoms with Crippen molar-refractivity contribution in [1.29, 1.82) is 0 Å². The summed E-state index contributed by atoms with van der Waals surface area (Å²) in [6.45, 7) is 7.56. The molecule has 154 valence electrons. The maximum atomic E-state index is 9.81. The van der Waals surface area contributed by atoms with E-state index in [-0.39, 0.29) is 29.7 Å². The third-order valence-electron chi connectivity index (χ3n) is 4.97. The van der Waals surface area contributed by atoms with Crippen LogP contribution in [0.15, 0.2) is 23.2 Å². The first kappa shape index (κ1) is 23.8. The maximum absolute atomic E-state index is 9.81. The zero-order chi connectivity index (χ0) is 18.8. The molecule has 2 rings (SSSR count). The largest absolute Gasteiger partial charge is 0.504 e. The van der Waals surface area contributed by atoms with Crippen LogP contribution in [0, 0.1) is 5.41 Å². The summed E-state index contributed by atoms with van der Waals surface area (Å²) in [6, 6.07) is 5.37. The fraction of sp³-hybridized carbons (Fsp3) is 0.650. The van der Waals surface area contributed by atoms with Gasteiger partial charge in [0.25, 0.3) is 0 Å². The van der Waals surface area contributed by atoms with Crippen molar-refractivity contribution in [1.82, 2.24) is 10.6 Å². The second kappa shape index (κ2) is 12.3. The molecule has 1 aliphatic carbocycles. The van der Waals surface area contributed by atoms with Crippen molar-refractivity contribution in [2.75, 3.05) is 33.4 Å². The molecule has 0 spiro atoms. The molecule has 6 nitrogen and oxygen atoms in total. The molecule has 3 N–H and O–H groups in total. The predicted molar refractivity (Wildman–Crippen MR) is 120 cm³/mol. The zero-order valence-corrected chi connectivity index (χ0v) is 19.0. The van der Waals surface area contributed by atoms with Crippen LogP contribution in [0.3, 0.4) is 0 Å². The summed E-state index contributed by atoms with van der Waals surface area (Å²) in [7, 11) is 1.76. The smallest absolute Gasteiger partial charge is 0.191 e. The highest BCUT2D eigenvalue weighted by atomic mass is 127. The molecule has 0 saturated heterocycles. The van der Waals surface area contributed by atoms with Gasteiger partial charge in [-0.3, -0.25) is 0 Å². The molecular formula is C20H34IN3O3. The van der Waals surface area contributed by atoms with Crippen LogP contribution in [0.25, 0.3) is 0 Å². The van der Waals surface area contributed by atoms with Crippen molar-refractivity contribution in [3.63, 3.8) is 0 Å². The number of rotatable bonds is 10. The van der Waals surface area contributed by atoms with Gasteiger partial charge in [0.15, 0.2) is 17.5 Å². The summed E-state index contributed by atoms with van der Waals surface area (Å²) in [5.74, 6) is 1.49. The molecule has 1 fully saturated rings. The number of phenolic OH excluding ortho intramolecular Hbond substituents is 1. The summed E-state index contributed by atoms with van der Waals surface area (Å²) in [5, 5.41) is 16.6. The van der Waals surface area contributed by atoms with E-state index in [1.165, 1.54) is 19.3 Å². The van der Waals surface area contributed by atoms with Crippen molar-refractivity contribution < 1.29 is 14.6 Å². The van der Waals surface area contributed by atoms with Crippen LogP contribution in [0.2, 0.25) is 0 Å². The molecule has 0 unspecified atom stereocenters. The normalized spacial score (nSPS) is 15.4. The quantitative estimate of drug-likeness (QED) is 0.265. The number of hydrogen-bond donors (Lipinski definition) is 3. The second-order valence-corrected chi connectivity index (χ2v) is 6.88. The van der Waals surface area contributed by atoms with Gasteiger partial charge in [0, 0.05) is 26.8 Å². The molecular weight excluding hydrogens is 457 g/mol. The van der Waals surface area contributed by atoms with Gasteiger partial charge in [0.05, 0.1) is 13.2 Å². The Kier molecular flexibility index (Phi) is 10.8. The maximum Gasteiger partial charge on any atom is 0.191 e. The van der Waals surface area contributed by atoms with E-state index >= 15 is 0 Å². The van der Waals surface area contributed by atoms with Gasteiger partial charge in [0.2, 0.25) is 0 Å². The number of hydrogen-bond acceptors (Lipinski definition) is 4. The molecule has 7 heteroatoms. The van der Waals surface area contributed by atoms with E-state index in [1.807, 2.05) is 19.1 Å². The monoisotopic (exact) mass is 491 g/mol. The van der Waals surface area contributed by atoms with Crippen molar-refractivity contribution in [2.24, 2.45) is 10.4 Å². The topological polar surface area (TPSA) is 75.1 Å². The first-order chi connectivity index (χ1) is 12.6. The van der Waals surface area contributed by atoms with Crippen LogP contribution < -0.4 is 15.4 Å². The Hall–Kier alpha value is -1.22. The van der Waals surface area contributed by atoms with E-state index in [4.69, 9.17) is 9.47 Å². The minimum atomic E-state index is 0. The number of methoxy groups -OCH3 is 1. The fourth-order valence-corrected chi connectivity index (χ4v) is 3.22. The van der Waals surface area contributed by atoms with E-state index in [1.54, 1.807) is 13.2 Å². The van der Waals surface area contributed by atoms with Crippen molar-refractivity contribution in [3.8, 4) is 11.5 Å². The van der Waals surface area contributed by atoms with Gasteiger partial charge in [-0.1, -0.05) is 12.5 Å². The number of halogens is 1. The highest BCUT2D eigenvalue weighted by Crippen LogP contribution is 2.43. The van der Waals surface area contributed by atoms with Gasteiger partial charge < -0.3 is 25.2 Å². The van der Waals surface area contributed by atoms with Crippen molar-refractivity contribution >= 4 is 29.9 Å². The van der Waals surface area contributed by atoms with Crippen LogP contribution in [-0.4, -0.2) is 44.5 Å². The van der Waals surface area contributed by atoms with Gasteiger partial charge in [-0.25, -0.2) is 4.99 Å². The third kappa shape index (κ3) is 7.37. The molecule has 0 amide bonds. The summed E-state index contributed by atoms with van der Waals surface area (Å²) >= 11 is 0. The molecule has 27 heavy (non-hydrogen) atoms. The first-order valence-electron chi connectivity index (χ1n) is 9.58. The summed E-state index contributed by atoms with van der Waals surface area (Å²) in [4.78, 5) is 4.68. The molecule has 0 bridgehead atoms. The van der Waals surface area contributed by atoms with Gasteiger partial charge in [-0.05, 0) is 56.2 Å². The minimum Gasteiger partial charge on any atom is -0.504 e. The molecule has 0 aromatic heterocycles. The highest BCUT2D eigenvalue weighted by molar-refractivity contribution is 14.0. The number of guanidine groups is 1. The minimum absolute atomic E-state index is 0. The number of ether oxygens (including phenoxy) is 2. The average molecular weight is 491 g/mol. The lowest BCUT2D eigenvalue weighted by atomic mass is 9.67. The Morgan fingerprint density at radius 1 is 1.26 bits per heavy atom. The lowest BCUT2D eigenvalue weighted by molar-refractivity contribution is 0.0732. The van der Waals surface area contributed by atoms with Crippen LogP contribution in [0.5, 0.6) is 11.5 Å². The number of nitrogens with one attached hydrogen (secondary N) is 2. The fourth-order valence-electron chi connectivity index (χ4n) is 3.22. The zero-order valence-electron chi connectivity index (χ0n) is 16.7. The molecule has 1 aromatic rings. The Bertz CT molecular complexity index is 592. The first-order valence-corrected chi connectivity index (χ1v) is 9.58. The number of benzene rings is 1. The SMILES string of the molecule is CCNC(=NCc1ccc(O)c(OCC)c1)NCC1(CCOC)CCC1.I. The summed E-state index contributed by atoms with van der Waals surface area (Å²) in [5.41, 5.74) is 1.34. The summed E-state index contributed by atoms with van der Waals surface area (Å²) in [6.07, 6.45) is 4.88. The average Bonchev–Trinajstić information content (AvgIpc) is 2.61. The van der Waals surface area contributed by atoms with Gasteiger partial charge >= 0.3 is 0 Å². The van der Waals surface area contributed by atoms with Gasteiger partial charge in [0.1, 0.15) is 0 Å². The van der Waals surface area contributed by atoms with E-state index in [9.17, 15) is 5.11 Å². The molecule has 1 saturated carbocycles. The number of aromatic hydroxyl groups is 1. The van der Waals surface area contributed by atoms with E-state index in [0.717, 1.165) is 37.6 Å². The molecule has 0 aliphatic heterocycles. The van der Waals surface area contributed by atoms with Gasteiger partial charge in [-0.2, -0.15) is 0 Å². The van der Waals surface area contributed by atoms with Crippen LogP contribution in [0.4, 0.5) is 0 Å². The molecule has 1 aromatic carbocycles. The Morgan fingerprint density at radius 3 is 2.63 bits per heavy atom. The third-order valence-corrected chi connectivity index (χ3v) is 4.97. The Balaban J connectivity index is 0.00000364. The van der Waals surface area contributed by atoms with E-state index < -0.39 is 0 Å². The molecule has 0 heterocycles. The number of phenols is 1. The van der Waals surface area contributed by atoms with Crippen LogP contribution >= 0.6 is 24.0 Å². The molecule has 0 radical (unpaired) electrons. The van der Waals surface area contributed by atoms with E-state index in [2.05, 4.69) is 22.5 Å². The van der Waals surface area contributed by atoms with Crippen molar-refractivity contribution in [2.45, 2.75) is 46.1 Å². The van der Waals surface area contributed by atoms with Crippen molar-refractivity contribution in [3.05, 3.63) is 23.8 Å². The van der Waals surface area contributed by atoms with Crippen LogP contribution in [0.1, 0.15) is 45.1 Å². The number of aliphatic imine (C=N–C) groups is 1.